The molecule has 2 aromatic carbocycles. The van der Waals surface area contributed by atoms with Gasteiger partial charge in [-0.3, -0.25) is 9.59 Å². The van der Waals surface area contributed by atoms with Gasteiger partial charge in [-0.1, -0.05) is 49.6 Å². The van der Waals surface area contributed by atoms with Crippen molar-refractivity contribution in [2.45, 2.75) is 54.6 Å². The summed E-state index contributed by atoms with van der Waals surface area (Å²) in [6, 6.07) is 17.8. The van der Waals surface area contributed by atoms with Gasteiger partial charge < -0.3 is 0 Å². The predicted molar refractivity (Wildman–Crippen MR) is 105 cm³/mol. The molecule has 1 aliphatic heterocycles. The molecule has 2 fully saturated rings. The summed E-state index contributed by atoms with van der Waals surface area (Å²) in [7, 11) is 0. The summed E-state index contributed by atoms with van der Waals surface area (Å²) < 4.78 is 0. The molecular formula is C22H23NO2S. The van der Waals surface area contributed by atoms with Gasteiger partial charge in [0.05, 0.1) is 10.9 Å². The lowest BCUT2D eigenvalue weighted by atomic mass is 9.84. The smallest absolute Gasteiger partial charge is 0.247 e. The lowest BCUT2D eigenvalue weighted by molar-refractivity contribution is -0.121. The average molecular weight is 365 g/mol. The summed E-state index contributed by atoms with van der Waals surface area (Å²) >= 11 is 1.50. The molecule has 0 N–H and O–H groups in total. The van der Waals surface area contributed by atoms with Crippen molar-refractivity contribution in [1.82, 2.24) is 0 Å². The van der Waals surface area contributed by atoms with E-state index in [1.165, 1.54) is 54.3 Å². The zero-order valence-electron chi connectivity index (χ0n) is 14.8. The number of thioether (sulfide) groups is 1. The Hall–Kier alpha value is -2.07. The summed E-state index contributed by atoms with van der Waals surface area (Å²) in [5, 5.41) is -0.330. The van der Waals surface area contributed by atoms with Crippen LogP contribution in [-0.2, 0) is 9.59 Å². The highest BCUT2D eigenvalue weighted by atomic mass is 32.2. The molecule has 134 valence electrons. The van der Waals surface area contributed by atoms with Crippen LogP contribution in [0.2, 0.25) is 0 Å². The third-order valence-corrected chi connectivity index (χ3v) is 6.55. The minimum Gasteiger partial charge on any atom is -0.274 e. The maximum Gasteiger partial charge on any atom is 0.247 e. The predicted octanol–water partition coefficient (Wildman–Crippen LogP) is 5.16. The van der Waals surface area contributed by atoms with Crippen LogP contribution >= 0.6 is 11.8 Å². The van der Waals surface area contributed by atoms with Crippen molar-refractivity contribution in [3.8, 4) is 0 Å². The second-order valence-corrected chi connectivity index (χ2v) is 8.39. The third kappa shape index (κ3) is 3.56. The fourth-order valence-electron chi connectivity index (χ4n) is 3.96. The van der Waals surface area contributed by atoms with E-state index < -0.39 is 0 Å². The highest BCUT2D eigenvalue weighted by molar-refractivity contribution is 8.00. The normalized spacial score (nSPS) is 21.4. The highest BCUT2D eigenvalue weighted by Crippen LogP contribution is 2.36. The first-order valence-corrected chi connectivity index (χ1v) is 10.3. The molecule has 26 heavy (non-hydrogen) atoms. The summed E-state index contributed by atoms with van der Waals surface area (Å²) in [4.78, 5) is 27.4. The Labute approximate surface area is 158 Å². The first-order chi connectivity index (χ1) is 12.7. The quantitative estimate of drug-likeness (QED) is 0.703. The van der Waals surface area contributed by atoms with Crippen LogP contribution in [0, 0.1) is 0 Å². The molecule has 2 aromatic rings. The number of benzene rings is 2. The molecule has 4 rings (SSSR count). The Bertz CT molecular complexity index is 782. The van der Waals surface area contributed by atoms with Crippen LogP contribution in [0.5, 0.6) is 0 Å². The zero-order valence-corrected chi connectivity index (χ0v) is 15.6. The summed E-state index contributed by atoms with van der Waals surface area (Å²) in [6.45, 7) is 0. The van der Waals surface area contributed by atoms with Crippen LogP contribution in [0.4, 0.5) is 5.69 Å². The molecule has 0 spiro atoms. The van der Waals surface area contributed by atoms with Gasteiger partial charge in [0.2, 0.25) is 11.8 Å². The Balaban J connectivity index is 1.44. The van der Waals surface area contributed by atoms with Crippen LogP contribution in [0.15, 0.2) is 59.5 Å². The topological polar surface area (TPSA) is 37.4 Å². The SMILES string of the molecule is O=C1CC(Sc2ccc(C3CCCCC3)cc2)C(=O)N1c1ccccc1. The summed E-state index contributed by atoms with van der Waals surface area (Å²) in [5.41, 5.74) is 2.08. The number of carbonyl (C=O) groups excluding carboxylic acids is 2. The molecule has 4 heteroatoms. The van der Waals surface area contributed by atoms with Crippen molar-refractivity contribution in [2.24, 2.45) is 0 Å². The lowest BCUT2D eigenvalue weighted by Gasteiger charge is -2.22. The van der Waals surface area contributed by atoms with E-state index in [0.717, 1.165) is 4.90 Å². The number of rotatable bonds is 4. The van der Waals surface area contributed by atoms with E-state index in [1.807, 2.05) is 30.3 Å². The molecule has 2 amide bonds. The van der Waals surface area contributed by atoms with Gasteiger partial charge in [0.25, 0.3) is 0 Å². The highest BCUT2D eigenvalue weighted by Gasteiger charge is 2.40. The minimum atomic E-state index is -0.330. The van der Waals surface area contributed by atoms with E-state index in [1.54, 1.807) is 0 Å². The Morgan fingerprint density at radius 1 is 0.846 bits per heavy atom. The van der Waals surface area contributed by atoms with E-state index in [0.29, 0.717) is 11.6 Å². The van der Waals surface area contributed by atoms with Gasteiger partial charge in [0, 0.05) is 11.3 Å². The lowest BCUT2D eigenvalue weighted by Crippen LogP contribution is -2.30. The Kier molecular flexibility index (Phi) is 5.11. The molecule has 1 heterocycles. The van der Waals surface area contributed by atoms with Crippen LogP contribution in [0.1, 0.15) is 50.0 Å². The monoisotopic (exact) mass is 365 g/mol. The number of nitrogens with zero attached hydrogens (tertiary/aromatic N) is 1. The zero-order chi connectivity index (χ0) is 17.9. The van der Waals surface area contributed by atoms with E-state index in [4.69, 9.17) is 0 Å². The standard InChI is InChI=1S/C22H23NO2S/c24-21-15-20(22(25)23(21)18-9-5-2-6-10-18)26-19-13-11-17(12-14-19)16-7-3-1-4-8-16/h2,5-6,9-14,16,20H,1,3-4,7-8,15H2. The molecular weight excluding hydrogens is 342 g/mol. The van der Waals surface area contributed by atoms with Gasteiger partial charge in [0.1, 0.15) is 0 Å². The number of carbonyl (C=O) groups is 2. The number of para-hydroxylation sites is 1. The van der Waals surface area contributed by atoms with Crippen molar-refractivity contribution >= 4 is 29.3 Å². The Morgan fingerprint density at radius 2 is 1.54 bits per heavy atom. The van der Waals surface area contributed by atoms with Crippen molar-refractivity contribution < 1.29 is 9.59 Å². The van der Waals surface area contributed by atoms with Gasteiger partial charge in [-0.2, -0.15) is 0 Å². The van der Waals surface area contributed by atoms with Crippen LogP contribution in [-0.4, -0.2) is 17.1 Å². The van der Waals surface area contributed by atoms with E-state index >= 15 is 0 Å². The fraction of sp³-hybridized carbons (Fsp3) is 0.364. The summed E-state index contributed by atoms with van der Waals surface area (Å²) in [6.07, 6.45) is 6.86. The summed E-state index contributed by atoms with van der Waals surface area (Å²) in [5.74, 6) is 0.464. The molecule has 1 atom stereocenters. The minimum absolute atomic E-state index is 0.109. The number of amides is 2. The second-order valence-electron chi connectivity index (χ2n) is 7.12. The van der Waals surface area contributed by atoms with Gasteiger partial charge in [-0.25, -0.2) is 4.90 Å². The second kappa shape index (κ2) is 7.67. The average Bonchev–Trinajstić information content (AvgIpc) is 2.97. The van der Waals surface area contributed by atoms with Crippen molar-refractivity contribution in [3.05, 3.63) is 60.2 Å². The molecule has 0 aromatic heterocycles. The van der Waals surface area contributed by atoms with E-state index in [9.17, 15) is 9.59 Å². The molecule has 1 saturated heterocycles. The molecule has 1 aliphatic carbocycles. The van der Waals surface area contributed by atoms with E-state index in [-0.39, 0.29) is 23.5 Å². The molecule has 1 saturated carbocycles. The molecule has 1 unspecified atom stereocenters. The van der Waals surface area contributed by atoms with E-state index in [2.05, 4.69) is 24.3 Å². The van der Waals surface area contributed by atoms with Crippen molar-refractivity contribution in [2.75, 3.05) is 4.90 Å². The third-order valence-electron chi connectivity index (χ3n) is 5.35. The van der Waals surface area contributed by atoms with Gasteiger partial charge in [0.15, 0.2) is 0 Å². The van der Waals surface area contributed by atoms with Crippen molar-refractivity contribution in [1.29, 1.82) is 0 Å². The van der Waals surface area contributed by atoms with Crippen molar-refractivity contribution in [3.63, 3.8) is 0 Å². The first-order valence-electron chi connectivity index (χ1n) is 9.41. The molecule has 0 radical (unpaired) electrons. The number of imide groups is 1. The number of hydrogen-bond donors (Lipinski definition) is 0. The number of anilines is 1. The van der Waals surface area contributed by atoms with Crippen LogP contribution in [0.3, 0.4) is 0 Å². The molecule has 3 nitrogen and oxygen atoms in total. The number of hydrogen-bond acceptors (Lipinski definition) is 3. The maximum absolute atomic E-state index is 12.7. The van der Waals surface area contributed by atoms with Gasteiger partial charge in [-0.15, -0.1) is 11.8 Å². The van der Waals surface area contributed by atoms with Gasteiger partial charge in [-0.05, 0) is 48.6 Å². The van der Waals surface area contributed by atoms with Crippen LogP contribution < -0.4 is 4.90 Å². The Morgan fingerprint density at radius 3 is 2.23 bits per heavy atom. The maximum atomic E-state index is 12.7. The van der Waals surface area contributed by atoms with Gasteiger partial charge >= 0.3 is 0 Å². The van der Waals surface area contributed by atoms with Crippen LogP contribution in [0.25, 0.3) is 0 Å². The first kappa shape index (κ1) is 17.3. The molecule has 0 bridgehead atoms. The fourth-order valence-corrected chi connectivity index (χ4v) is 5.02. The molecule has 2 aliphatic rings. The largest absolute Gasteiger partial charge is 0.274 e.